The predicted octanol–water partition coefficient (Wildman–Crippen LogP) is 1.27. The van der Waals surface area contributed by atoms with Gasteiger partial charge in [-0.1, -0.05) is 12.8 Å². The van der Waals surface area contributed by atoms with E-state index in [1.807, 2.05) is 0 Å². The second kappa shape index (κ2) is 3.98. The Labute approximate surface area is 86.7 Å². The van der Waals surface area contributed by atoms with Crippen molar-refractivity contribution in [3.8, 4) is 0 Å². The van der Waals surface area contributed by atoms with Crippen molar-refractivity contribution in [2.45, 2.75) is 37.8 Å². The summed E-state index contributed by atoms with van der Waals surface area (Å²) in [6, 6.07) is 1.26. The zero-order valence-corrected chi connectivity index (χ0v) is 8.24. The molecule has 0 unspecified atom stereocenters. The highest BCUT2D eigenvalue weighted by Crippen LogP contribution is 2.28. The molecule has 0 amide bonds. The van der Waals surface area contributed by atoms with Crippen molar-refractivity contribution in [2.75, 3.05) is 0 Å². The van der Waals surface area contributed by atoms with Crippen LogP contribution in [0.4, 0.5) is 5.82 Å². The van der Waals surface area contributed by atoms with Crippen molar-refractivity contribution in [2.24, 2.45) is 0 Å². The molecule has 0 aliphatic heterocycles. The summed E-state index contributed by atoms with van der Waals surface area (Å²) in [4.78, 5) is 9.92. The van der Waals surface area contributed by atoms with E-state index in [0.29, 0.717) is 0 Å². The second-order valence-electron chi connectivity index (χ2n) is 3.83. The van der Waals surface area contributed by atoms with Crippen molar-refractivity contribution in [1.82, 2.24) is 9.78 Å². The summed E-state index contributed by atoms with van der Waals surface area (Å²) in [6.07, 6.45) is 4.77. The molecule has 6 nitrogen and oxygen atoms in total. The highest BCUT2D eigenvalue weighted by Gasteiger charge is 2.28. The average Bonchev–Trinajstić information content (AvgIpc) is 2.67. The monoisotopic (exact) mass is 211 g/mol. The number of aliphatic hydroxyl groups is 1. The molecule has 1 fully saturated rings. The van der Waals surface area contributed by atoms with Gasteiger partial charge in [0.1, 0.15) is 0 Å². The maximum Gasteiger partial charge on any atom is 0.389 e. The Morgan fingerprint density at radius 3 is 2.87 bits per heavy atom. The lowest BCUT2D eigenvalue weighted by Gasteiger charge is -2.25. The molecule has 0 aromatic carbocycles. The number of hydrogen-bond acceptors (Lipinski definition) is 4. The zero-order valence-electron chi connectivity index (χ0n) is 8.24. The first kappa shape index (κ1) is 10.1. The number of aromatic nitrogens is 2. The van der Waals surface area contributed by atoms with Crippen LogP contribution < -0.4 is 0 Å². The lowest BCUT2D eigenvalue weighted by atomic mass is 9.93. The van der Waals surface area contributed by atoms with E-state index in [-0.39, 0.29) is 11.9 Å². The smallest absolute Gasteiger partial charge is 0.389 e. The van der Waals surface area contributed by atoms with Crippen LogP contribution in [0.5, 0.6) is 0 Å². The third-order valence-electron chi connectivity index (χ3n) is 2.82. The summed E-state index contributed by atoms with van der Waals surface area (Å²) < 4.78 is 1.52. The fraction of sp³-hybridized carbons (Fsp3) is 0.667. The fourth-order valence-corrected chi connectivity index (χ4v) is 2.01. The largest absolute Gasteiger partial charge is 0.391 e. The first-order valence-electron chi connectivity index (χ1n) is 5.06. The quantitative estimate of drug-likeness (QED) is 0.590. The summed E-state index contributed by atoms with van der Waals surface area (Å²) in [5, 5.41) is 24.0. The molecule has 6 heteroatoms. The van der Waals surface area contributed by atoms with Gasteiger partial charge in [-0.25, -0.2) is 0 Å². The third kappa shape index (κ3) is 1.99. The maximum atomic E-state index is 10.4. The Balaban J connectivity index is 2.17. The predicted molar refractivity (Wildman–Crippen MR) is 52.4 cm³/mol. The molecular formula is C9H13N3O3. The molecule has 1 heterocycles. The van der Waals surface area contributed by atoms with E-state index in [4.69, 9.17) is 0 Å². The lowest BCUT2D eigenvalue weighted by molar-refractivity contribution is -0.389. The van der Waals surface area contributed by atoms with Gasteiger partial charge in [-0.3, -0.25) is 0 Å². The zero-order chi connectivity index (χ0) is 10.8. The first-order chi connectivity index (χ1) is 7.18. The van der Waals surface area contributed by atoms with Crippen molar-refractivity contribution >= 4 is 5.82 Å². The summed E-state index contributed by atoms with van der Waals surface area (Å²) in [7, 11) is 0. The molecule has 15 heavy (non-hydrogen) atoms. The summed E-state index contributed by atoms with van der Waals surface area (Å²) in [6.45, 7) is 0. The van der Waals surface area contributed by atoms with Gasteiger partial charge in [-0.2, -0.15) is 4.68 Å². The average molecular weight is 211 g/mol. The van der Waals surface area contributed by atoms with E-state index in [1.54, 1.807) is 6.20 Å². The lowest BCUT2D eigenvalue weighted by Crippen LogP contribution is -2.27. The first-order valence-corrected chi connectivity index (χ1v) is 5.06. The van der Waals surface area contributed by atoms with E-state index in [2.05, 4.69) is 5.10 Å². The summed E-state index contributed by atoms with van der Waals surface area (Å²) >= 11 is 0. The van der Waals surface area contributed by atoms with E-state index in [0.717, 1.165) is 25.7 Å². The van der Waals surface area contributed by atoms with Crippen molar-refractivity contribution < 1.29 is 10.0 Å². The van der Waals surface area contributed by atoms with E-state index in [1.165, 1.54) is 10.7 Å². The summed E-state index contributed by atoms with van der Waals surface area (Å²) in [5.41, 5.74) is 0. The third-order valence-corrected chi connectivity index (χ3v) is 2.82. The summed E-state index contributed by atoms with van der Waals surface area (Å²) in [5.74, 6) is -0.159. The molecule has 1 aliphatic rings. The number of rotatable bonds is 2. The Kier molecular flexibility index (Phi) is 2.68. The number of aliphatic hydroxyl groups excluding tert-OH is 1. The molecule has 1 aromatic heterocycles. The van der Waals surface area contributed by atoms with Crippen LogP contribution >= 0.6 is 0 Å². The maximum absolute atomic E-state index is 10.4. The van der Waals surface area contributed by atoms with Gasteiger partial charge in [0.2, 0.25) is 0 Å². The Bertz CT molecular complexity index is 363. The van der Waals surface area contributed by atoms with Gasteiger partial charge in [-0.05, 0) is 17.8 Å². The normalized spacial score (nSPS) is 26.5. The van der Waals surface area contributed by atoms with Gasteiger partial charge in [0.25, 0.3) is 0 Å². The molecule has 82 valence electrons. The molecule has 0 bridgehead atoms. The van der Waals surface area contributed by atoms with Crippen molar-refractivity contribution in [3.05, 3.63) is 22.4 Å². The molecular weight excluding hydrogens is 198 g/mol. The SMILES string of the molecule is O=[N+]([O-])c1ccn([C@H]2CCCC[C@H]2O)n1. The number of nitro groups is 1. The highest BCUT2D eigenvalue weighted by molar-refractivity contribution is 5.14. The number of hydrogen-bond donors (Lipinski definition) is 1. The molecule has 0 saturated heterocycles. The van der Waals surface area contributed by atoms with Crippen LogP contribution in [-0.2, 0) is 0 Å². The van der Waals surface area contributed by atoms with Crippen LogP contribution in [0.15, 0.2) is 12.3 Å². The van der Waals surface area contributed by atoms with Gasteiger partial charge < -0.3 is 15.2 Å². The van der Waals surface area contributed by atoms with Gasteiger partial charge in [-0.15, -0.1) is 0 Å². The molecule has 2 rings (SSSR count). The Hall–Kier alpha value is -1.43. The molecule has 2 atom stereocenters. The Morgan fingerprint density at radius 1 is 1.53 bits per heavy atom. The topological polar surface area (TPSA) is 81.2 Å². The Morgan fingerprint density at radius 2 is 2.27 bits per heavy atom. The van der Waals surface area contributed by atoms with Crippen LogP contribution in [0.1, 0.15) is 31.7 Å². The van der Waals surface area contributed by atoms with Crippen LogP contribution in [0, 0.1) is 10.1 Å². The van der Waals surface area contributed by atoms with Crippen molar-refractivity contribution in [3.63, 3.8) is 0 Å². The minimum atomic E-state index is -0.522. The molecule has 1 aromatic rings. The number of nitrogens with zero attached hydrogens (tertiary/aromatic N) is 3. The van der Waals surface area contributed by atoms with E-state index in [9.17, 15) is 15.2 Å². The van der Waals surface area contributed by atoms with Crippen molar-refractivity contribution in [1.29, 1.82) is 0 Å². The van der Waals surface area contributed by atoms with Gasteiger partial charge in [0.15, 0.2) is 0 Å². The van der Waals surface area contributed by atoms with E-state index < -0.39 is 11.0 Å². The minimum Gasteiger partial charge on any atom is -0.391 e. The van der Waals surface area contributed by atoms with Crippen LogP contribution in [0.3, 0.4) is 0 Å². The molecule has 1 saturated carbocycles. The van der Waals surface area contributed by atoms with Crippen LogP contribution in [-0.4, -0.2) is 25.9 Å². The van der Waals surface area contributed by atoms with Gasteiger partial charge >= 0.3 is 5.82 Å². The van der Waals surface area contributed by atoms with Crippen LogP contribution in [0.2, 0.25) is 0 Å². The highest BCUT2D eigenvalue weighted by atomic mass is 16.6. The van der Waals surface area contributed by atoms with Gasteiger partial charge in [0, 0.05) is 0 Å². The molecule has 0 spiro atoms. The van der Waals surface area contributed by atoms with Gasteiger partial charge in [0.05, 0.1) is 29.5 Å². The standard InChI is InChI=1S/C9H13N3O3/c13-8-4-2-1-3-7(8)11-6-5-9(10-11)12(14)15/h5-8,13H,1-4H2/t7-,8+/m0/s1. The van der Waals surface area contributed by atoms with E-state index >= 15 is 0 Å². The second-order valence-corrected chi connectivity index (χ2v) is 3.83. The fourth-order valence-electron chi connectivity index (χ4n) is 2.01. The molecule has 1 N–H and O–H groups in total. The molecule has 0 radical (unpaired) electrons. The molecule has 1 aliphatic carbocycles. The minimum absolute atomic E-state index is 0.104. The van der Waals surface area contributed by atoms with Crippen LogP contribution in [0.25, 0.3) is 0 Å².